The maximum atomic E-state index is 10.6. The fraction of sp³-hybridized carbons (Fsp3) is 0.500. The molecule has 0 atom stereocenters. The van der Waals surface area contributed by atoms with Gasteiger partial charge in [-0.05, 0) is 19.2 Å². The minimum atomic E-state index is -0.963. The van der Waals surface area contributed by atoms with Crippen molar-refractivity contribution in [3.63, 3.8) is 0 Å². The minimum absolute atomic E-state index is 0.130. The lowest BCUT2D eigenvalue weighted by Crippen LogP contribution is -2.03. The lowest BCUT2D eigenvalue weighted by Gasteiger charge is -2.00. The number of aromatic carboxylic acids is 1. The van der Waals surface area contributed by atoms with Crippen molar-refractivity contribution in [3.8, 4) is 0 Å². The molecule has 0 aliphatic carbocycles. The first-order valence-corrected chi connectivity index (χ1v) is 5.37. The zero-order chi connectivity index (χ0) is 9.84. The van der Waals surface area contributed by atoms with Gasteiger partial charge in [0.1, 0.15) is 0 Å². The van der Waals surface area contributed by atoms with E-state index in [1.807, 2.05) is 13.2 Å². The Balaban J connectivity index is 2.96. The normalized spacial score (nSPS) is 10.3. The van der Waals surface area contributed by atoms with Crippen molar-refractivity contribution in [1.29, 1.82) is 0 Å². The van der Waals surface area contributed by atoms with Crippen LogP contribution in [0.25, 0.3) is 0 Å². The van der Waals surface area contributed by atoms with E-state index in [-0.39, 0.29) is 5.69 Å². The molecule has 0 aromatic carbocycles. The molecule has 72 valence electrons. The number of nitrogens with zero attached hydrogens (tertiary/aromatic N) is 2. The molecule has 5 heteroatoms. The molecule has 0 saturated carbocycles. The Morgan fingerprint density at radius 3 is 2.92 bits per heavy atom. The molecule has 4 nitrogen and oxygen atoms in total. The molecule has 0 radical (unpaired) electrons. The molecule has 1 heterocycles. The number of hydrogen-bond donors (Lipinski definition) is 1. The Hall–Kier alpha value is -0.970. The van der Waals surface area contributed by atoms with Crippen LogP contribution >= 0.6 is 11.8 Å². The average Bonchev–Trinajstić information content (AvgIpc) is 2.48. The number of carboxylic acids is 1. The Kier molecular flexibility index (Phi) is 3.36. The number of aryl methyl sites for hydroxylation is 1. The monoisotopic (exact) mass is 200 g/mol. The van der Waals surface area contributed by atoms with Crippen LogP contribution in [0, 0.1) is 0 Å². The third-order valence-corrected chi connectivity index (χ3v) is 2.26. The summed E-state index contributed by atoms with van der Waals surface area (Å²) in [6.07, 6.45) is 1.98. The number of carboxylic acid groups (broad SMARTS) is 1. The van der Waals surface area contributed by atoms with Gasteiger partial charge in [0.2, 0.25) is 0 Å². The van der Waals surface area contributed by atoms with E-state index in [0.29, 0.717) is 6.54 Å². The summed E-state index contributed by atoms with van der Waals surface area (Å²) in [5.41, 5.74) is 1.10. The van der Waals surface area contributed by atoms with Gasteiger partial charge in [-0.3, -0.25) is 4.68 Å². The smallest absolute Gasteiger partial charge is 0.356 e. The van der Waals surface area contributed by atoms with Crippen LogP contribution < -0.4 is 0 Å². The summed E-state index contributed by atoms with van der Waals surface area (Å²) in [5.74, 6) is -0.164. The number of carbonyl (C=O) groups is 1. The molecule has 0 aliphatic rings. The molecular weight excluding hydrogens is 188 g/mol. The second-order valence-corrected chi connectivity index (χ2v) is 3.44. The third-order valence-electron chi connectivity index (χ3n) is 1.67. The maximum Gasteiger partial charge on any atom is 0.356 e. The summed E-state index contributed by atoms with van der Waals surface area (Å²) < 4.78 is 1.72. The fourth-order valence-corrected chi connectivity index (χ4v) is 1.63. The SMILES string of the molecule is CCn1nc(C(=O)O)cc1CSC. The largest absolute Gasteiger partial charge is 0.476 e. The molecular formula is C8H12N2O2S. The summed E-state index contributed by atoms with van der Waals surface area (Å²) in [7, 11) is 0. The number of aromatic nitrogens is 2. The summed E-state index contributed by atoms with van der Waals surface area (Å²) in [4.78, 5) is 10.6. The van der Waals surface area contributed by atoms with E-state index in [4.69, 9.17) is 5.11 Å². The lowest BCUT2D eigenvalue weighted by molar-refractivity contribution is 0.0689. The summed E-state index contributed by atoms with van der Waals surface area (Å²) in [6.45, 7) is 2.66. The molecule has 0 aliphatic heterocycles. The van der Waals surface area contributed by atoms with Gasteiger partial charge in [-0.25, -0.2) is 4.79 Å². The van der Waals surface area contributed by atoms with Crippen molar-refractivity contribution in [2.75, 3.05) is 6.26 Å². The molecule has 0 amide bonds. The molecule has 1 rings (SSSR count). The van der Waals surface area contributed by atoms with E-state index >= 15 is 0 Å². The summed E-state index contributed by atoms with van der Waals surface area (Å²) in [6, 6.07) is 1.63. The van der Waals surface area contributed by atoms with Gasteiger partial charge in [-0.1, -0.05) is 0 Å². The van der Waals surface area contributed by atoms with E-state index in [2.05, 4.69) is 5.10 Å². The lowest BCUT2D eigenvalue weighted by atomic mass is 10.4. The fourth-order valence-electron chi connectivity index (χ4n) is 1.10. The highest BCUT2D eigenvalue weighted by atomic mass is 32.2. The van der Waals surface area contributed by atoms with Crippen LogP contribution in [0.2, 0.25) is 0 Å². The van der Waals surface area contributed by atoms with Crippen LogP contribution in [0.3, 0.4) is 0 Å². The first kappa shape index (κ1) is 10.1. The van der Waals surface area contributed by atoms with Crippen molar-refractivity contribution in [3.05, 3.63) is 17.5 Å². The quantitative estimate of drug-likeness (QED) is 0.799. The molecule has 0 saturated heterocycles. The molecule has 0 spiro atoms. The van der Waals surface area contributed by atoms with Gasteiger partial charge < -0.3 is 5.11 Å². The first-order chi connectivity index (χ1) is 6.19. The van der Waals surface area contributed by atoms with Crippen LogP contribution in [0.15, 0.2) is 6.07 Å². The number of hydrogen-bond acceptors (Lipinski definition) is 3. The van der Waals surface area contributed by atoms with Crippen LogP contribution in [0.5, 0.6) is 0 Å². The molecule has 0 bridgehead atoms. The van der Waals surface area contributed by atoms with E-state index in [0.717, 1.165) is 11.4 Å². The van der Waals surface area contributed by atoms with Crippen molar-refractivity contribution in [2.45, 2.75) is 19.2 Å². The molecule has 0 unspecified atom stereocenters. The van der Waals surface area contributed by atoms with Crippen LogP contribution in [-0.4, -0.2) is 27.1 Å². The number of rotatable bonds is 4. The zero-order valence-electron chi connectivity index (χ0n) is 7.65. The molecule has 1 aromatic rings. The number of thioether (sulfide) groups is 1. The van der Waals surface area contributed by atoms with Gasteiger partial charge in [0.05, 0.1) is 0 Å². The third kappa shape index (κ3) is 2.24. The van der Waals surface area contributed by atoms with Crippen molar-refractivity contribution in [2.24, 2.45) is 0 Å². The Morgan fingerprint density at radius 1 is 1.77 bits per heavy atom. The summed E-state index contributed by atoms with van der Waals surface area (Å²) >= 11 is 1.66. The Labute approximate surface area is 80.9 Å². The van der Waals surface area contributed by atoms with Gasteiger partial charge >= 0.3 is 5.97 Å². The van der Waals surface area contributed by atoms with Crippen molar-refractivity contribution in [1.82, 2.24) is 9.78 Å². The Bertz CT molecular complexity index is 309. The molecule has 0 fully saturated rings. The van der Waals surface area contributed by atoms with Gasteiger partial charge in [0.25, 0.3) is 0 Å². The predicted octanol–water partition coefficient (Wildman–Crippen LogP) is 1.46. The average molecular weight is 200 g/mol. The highest BCUT2D eigenvalue weighted by Crippen LogP contribution is 2.11. The molecule has 1 N–H and O–H groups in total. The zero-order valence-corrected chi connectivity index (χ0v) is 8.47. The maximum absolute atomic E-state index is 10.6. The molecule has 1 aromatic heterocycles. The van der Waals surface area contributed by atoms with E-state index in [9.17, 15) is 4.79 Å². The van der Waals surface area contributed by atoms with Crippen LogP contribution in [-0.2, 0) is 12.3 Å². The van der Waals surface area contributed by atoms with E-state index in [1.54, 1.807) is 22.5 Å². The first-order valence-electron chi connectivity index (χ1n) is 3.98. The van der Waals surface area contributed by atoms with Crippen LogP contribution in [0.1, 0.15) is 23.1 Å². The van der Waals surface area contributed by atoms with Crippen molar-refractivity contribution < 1.29 is 9.90 Å². The second kappa shape index (κ2) is 4.32. The van der Waals surface area contributed by atoms with Gasteiger partial charge in [-0.2, -0.15) is 16.9 Å². The van der Waals surface area contributed by atoms with Gasteiger partial charge in [0, 0.05) is 18.0 Å². The van der Waals surface area contributed by atoms with E-state index in [1.165, 1.54) is 0 Å². The van der Waals surface area contributed by atoms with Crippen LogP contribution in [0.4, 0.5) is 0 Å². The summed E-state index contributed by atoms with van der Waals surface area (Å²) in [5, 5.41) is 12.7. The van der Waals surface area contributed by atoms with E-state index < -0.39 is 5.97 Å². The van der Waals surface area contributed by atoms with Crippen molar-refractivity contribution >= 4 is 17.7 Å². The topological polar surface area (TPSA) is 55.1 Å². The minimum Gasteiger partial charge on any atom is -0.476 e. The van der Waals surface area contributed by atoms with Gasteiger partial charge in [-0.15, -0.1) is 0 Å². The Morgan fingerprint density at radius 2 is 2.46 bits per heavy atom. The molecule has 13 heavy (non-hydrogen) atoms. The standard InChI is InChI=1S/C8H12N2O2S/c1-3-10-6(5-13-2)4-7(9-10)8(11)12/h4H,3,5H2,1-2H3,(H,11,12). The predicted molar refractivity (Wildman–Crippen MR) is 52.1 cm³/mol. The highest BCUT2D eigenvalue weighted by molar-refractivity contribution is 7.97. The van der Waals surface area contributed by atoms with Gasteiger partial charge in [0.15, 0.2) is 5.69 Å². The highest BCUT2D eigenvalue weighted by Gasteiger charge is 2.11. The second-order valence-electron chi connectivity index (χ2n) is 2.57.